The van der Waals surface area contributed by atoms with Crippen LogP contribution in [0.15, 0.2) is 34.7 Å². The zero-order valence-electron chi connectivity index (χ0n) is 11.3. The third-order valence-corrected chi connectivity index (χ3v) is 5.16. The first kappa shape index (κ1) is 16.7. The van der Waals surface area contributed by atoms with Crippen molar-refractivity contribution in [2.45, 2.75) is 23.4 Å². The molecule has 0 aliphatic heterocycles. The average molecular weight is 351 g/mol. The number of rotatable bonds is 4. The Morgan fingerprint density at radius 3 is 2.59 bits per heavy atom. The maximum Gasteiger partial charge on any atom is 0.416 e. The summed E-state index contributed by atoms with van der Waals surface area (Å²) >= 11 is 0.815. The maximum atomic E-state index is 12.7. The first-order chi connectivity index (χ1) is 10.1. The molecule has 0 bridgehead atoms. The van der Waals surface area contributed by atoms with Gasteiger partial charge in [0.1, 0.15) is 0 Å². The van der Waals surface area contributed by atoms with E-state index in [1.54, 1.807) is 13.0 Å². The number of benzene rings is 1. The number of halogens is 3. The van der Waals surface area contributed by atoms with Gasteiger partial charge in [-0.15, -0.1) is 0 Å². The van der Waals surface area contributed by atoms with E-state index in [-0.39, 0.29) is 9.34 Å². The molecule has 120 valence electrons. The van der Waals surface area contributed by atoms with E-state index >= 15 is 0 Å². The van der Waals surface area contributed by atoms with Gasteiger partial charge in [0.25, 0.3) is 0 Å². The minimum atomic E-state index is -4.42. The summed E-state index contributed by atoms with van der Waals surface area (Å²) in [5.74, 6) is 0. The highest BCUT2D eigenvalue weighted by molar-refractivity contribution is 7.91. The molecule has 0 fully saturated rings. The van der Waals surface area contributed by atoms with E-state index in [0.717, 1.165) is 29.7 Å². The Morgan fingerprint density at radius 2 is 2.05 bits per heavy atom. The first-order valence-corrected chi connectivity index (χ1v) is 8.36. The van der Waals surface area contributed by atoms with E-state index in [9.17, 15) is 21.6 Å². The van der Waals surface area contributed by atoms with Crippen LogP contribution < -0.4 is 10.5 Å². The van der Waals surface area contributed by atoms with Crippen molar-refractivity contribution in [1.82, 2.24) is 4.98 Å². The number of nitrogens with two attached hydrogens (primary N) is 1. The van der Waals surface area contributed by atoms with Gasteiger partial charge >= 0.3 is 6.18 Å². The molecule has 0 saturated carbocycles. The summed E-state index contributed by atoms with van der Waals surface area (Å²) in [5, 5.41) is 8.08. The number of aromatic nitrogens is 1. The monoisotopic (exact) mass is 351 g/mol. The van der Waals surface area contributed by atoms with Crippen molar-refractivity contribution >= 4 is 26.5 Å². The molecule has 1 heterocycles. The molecular weight excluding hydrogens is 339 g/mol. The molecule has 0 amide bonds. The standard InChI is InChI=1S/C12H12F3N3O2S2/c1-7(8-3-2-4-9(5-8)12(13,14)15)18-11-17-6-10(21-11)22(16,19)20/h2-7H,1H3,(H,17,18)(H2,16,19,20)/t7-/m0/s1. The van der Waals surface area contributed by atoms with E-state index in [2.05, 4.69) is 10.3 Å². The van der Waals surface area contributed by atoms with Crippen molar-refractivity contribution in [3.63, 3.8) is 0 Å². The van der Waals surface area contributed by atoms with Gasteiger partial charge in [0.15, 0.2) is 9.34 Å². The molecule has 2 rings (SSSR count). The lowest BCUT2D eigenvalue weighted by Gasteiger charge is -2.15. The summed E-state index contributed by atoms with van der Waals surface area (Å²) in [6.07, 6.45) is -3.32. The zero-order valence-corrected chi connectivity index (χ0v) is 12.9. The number of hydrogen-bond acceptors (Lipinski definition) is 5. The highest BCUT2D eigenvalue weighted by atomic mass is 32.2. The summed E-state index contributed by atoms with van der Waals surface area (Å²) in [5.41, 5.74) is -0.342. The molecule has 22 heavy (non-hydrogen) atoms. The Bertz CT molecular complexity index is 772. The minimum absolute atomic E-state index is 0.119. The number of anilines is 1. The Kier molecular flexibility index (Phi) is 4.45. The molecule has 5 nitrogen and oxygen atoms in total. The van der Waals surface area contributed by atoms with Crippen molar-refractivity contribution in [2.24, 2.45) is 5.14 Å². The van der Waals surface area contributed by atoms with Gasteiger partial charge in [0.2, 0.25) is 10.0 Å². The second-order valence-electron chi connectivity index (χ2n) is 4.52. The molecule has 0 aliphatic carbocycles. The van der Waals surface area contributed by atoms with Crippen LogP contribution in [-0.2, 0) is 16.2 Å². The summed E-state index contributed by atoms with van der Waals surface area (Å²) in [7, 11) is -3.84. The van der Waals surface area contributed by atoms with Gasteiger partial charge in [-0.2, -0.15) is 13.2 Å². The molecule has 1 atom stereocenters. The SMILES string of the molecule is C[C@H](Nc1ncc(S(N)(=O)=O)s1)c1cccc(C(F)(F)F)c1. The van der Waals surface area contributed by atoms with Crippen LogP contribution in [0.3, 0.4) is 0 Å². The lowest BCUT2D eigenvalue weighted by atomic mass is 10.1. The van der Waals surface area contributed by atoms with Gasteiger partial charge in [0.05, 0.1) is 17.8 Å². The molecule has 2 aromatic rings. The van der Waals surface area contributed by atoms with Crippen LogP contribution in [0.25, 0.3) is 0 Å². The van der Waals surface area contributed by atoms with Crippen LogP contribution in [0.5, 0.6) is 0 Å². The van der Waals surface area contributed by atoms with Crippen LogP contribution in [0.2, 0.25) is 0 Å². The minimum Gasteiger partial charge on any atom is -0.355 e. The Morgan fingerprint density at radius 1 is 1.36 bits per heavy atom. The molecular formula is C12H12F3N3O2S2. The number of sulfonamides is 1. The predicted molar refractivity (Wildman–Crippen MR) is 77.0 cm³/mol. The number of primary sulfonamides is 1. The second kappa shape index (κ2) is 5.86. The van der Waals surface area contributed by atoms with Crippen molar-refractivity contribution < 1.29 is 21.6 Å². The second-order valence-corrected chi connectivity index (χ2v) is 7.34. The number of nitrogens with zero attached hydrogens (tertiary/aromatic N) is 1. The molecule has 0 radical (unpaired) electrons. The highest BCUT2D eigenvalue weighted by Gasteiger charge is 2.30. The topological polar surface area (TPSA) is 85.1 Å². The van der Waals surface area contributed by atoms with Gasteiger partial charge in [-0.05, 0) is 24.6 Å². The Labute approximate surface area is 129 Å². The largest absolute Gasteiger partial charge is 0.416 e. The first-order valence-electron chi connectivity index (χ1n) is 5.99. The van der Waals surface area contributed by atoms with Crippen LogP contribution in [0.1, 0.15) is 24.1 Å². The number of alkyl halides is 3. The fraction of sp³-hybridized carbons (Fsp3) is 0.250. The lowest BCUT2D eigenvalue weighted by Crippen LogP contribution is -2.10. The third-order valence-electron chi connectivity index (χ3n) is 2.82. The molecule has 3 N–H and O–H groups in total. The van der Waals surface area contributed by atoms with E-state index in [1.807, 2.05) is 0 Å². The maximum absolute atomic E-state index is 12.7. The van der Waals surface area contributed by atoms with E-state index in [4.69, 9.17) is 5.14 Å². The van der Waals surface area contributed by atoms with Gasteiger partial charge in [-0.1, -0.05) is 23.5 Å². The molecule has 0 saturated heterocycles. The summed E-state index contributed by atoms with van der Waals surface area (Å²) in [6, 6.07) is 4.39. The summed E-state index contributed by atoms with van der Waals surface area (Å²) in [6.45, 7) is 1.65. The number of nitrogens with one attached hydrogen (secondary N) is 1. The highest BCUT2D eigenvalue weighted by Crippen LogP contribution is 2.32. The van der Waals surface area contributed by atoms with E-state index in [0.29, 0.717) is 5.56 Å². The van der Waals surface area contributed by atoms with Crippen LogP contribution in [-0.4, -0.2) is 13.4 Å². The van der Waals surface area contributed by atoms with Crippen molar-refractivity contribution in [2.75, 3.05) is 5.32 Å². The smallest absolute Gasteiger partial charge is 0.355 e. The fourth-order valence-corrected chi connectivity index (χ4v) is 3.25. The quantitative estimate of drug-likeness (QED) is 0.887. The normalized spacial score (nSPS) is 13.9. The molecule has 10 heteroatoms. The van der Waals surface area contributed by atoms with Gasteiger partial charge in [-0.3, -0.25) is 0 Å². The third kappa shape index (κ3) is 3.96. The number of hydrogen-bond donors (Lipinski definition) is 2. The molecule has 1 aromatic heterocycles. The summed E-state index contributed by atoms with van der Waals surface area (Å²) in [4.78, 5) is 3.85. The predicted octanol–water partition coefficient (Wildman–Crippen LogP) is 2.98. The van der Waals surface area contributed by atoms with Crippen molar-refractivity contribution in [3.05, 3.63) is 41.6 Å². The van der Waals surface area contributed by atoms with Crippen molar-refractivity contribution in [1.29, 1.82) is 0 Å². The lowest BCUT2D eigenvalue weighted by molar-refractivity contribution is -0.137. The van der Waals surface area contributed by atoms with Crippen LogP contribution in [0.4, 0.5) is 18.3 Å². The Balaban J connectivity index is 2.19. The van der Waals surface area contributed by atoms with E-state index in [1.165, 1.54) is 6.07 Å². The van der Waals surface area contributed by atoms with Gasteiger partial charge in [-0.25, -0.2) is 18.5 Å². The molecule has 0 aliphatic rings. The van der Waals surface area contributed by atoms with Crippen LogP contribution >= 0.6 is 11.3 Å². The molecule has 0 unspecified atom stereocenters. The van der Waals surface area contributed by atoms with Gasteiger partial charge < -0.3 is 5.32 Å². The number of thiazole rings is 1. The zero-order chi connectivity index (χ0) is 16.5. The molecule has 1 aromatic carbocycles. The van der Waals surface area contributed by atoms with E-state index < -0.39 is 27.8 Å². The van der Waals surface area contributed by atoms with Crippen LogP contribution in [0, 0.1) is 0 Å². The van der Waals surface area contributed by atoms with Crippen molar-refractivity contribution in [3.8, 4) is 0 Å². The Hall–Kier alpha value is -1.65. The summed E-state index contributed by atoms with van der Waals surface area (Å²) < 4.78 is 60.2. The molecule has 0 spiro atoms. The fourth-order valence-electron chi connectivity index (χ4n) is 1.71. The van der Waals surface area contributed by atoms with Gasteiger partial charge in [0, 0.05) is 0 Å². The average Bonchev–Trinajstić information content (AvgIpc) is 2.86.